The van der Waals surface area contributed by atoms with Crippen molar-refractivity contribution in [2.24, 2.45) is 5.92 Å². The highest BCUT2D eigenvalue weighted by Crippen LogP contribution is 2.11. The average molecular weight is 302 g/mol. The van der Waals surface area contributed by atoms with E-state index in [1.54, 1.807) is 0 Å². The normalized spacial score (nSPS) is 10.4. The molecule has 0 bridgehead atoms. The third-order valence-electron chi connectivity index (χ3n) is 2.14. The number of ether oxygens (including phenoxy) is 1. The molecule has 0 aromatic carbocycles. The van der Waals surface area contributed by atoms with Crippen molar-refractivity contribution in [2.75, 3.05) is 25.0 Å². The average Bonchev–Trinajstić information content (AvgIpc) is 2.40. The van der Waals surface area contributed by atoms with E-state index < -0.39 is 0 Å². The van der Waals surface area contributed by atoms with Gasteiger partial charge in [0.15, 0.2) is 0 Å². The summed E-state index contributed by atoms with van der Waals surface area (Å²) in [7, 11) is 0. The molecule has 0 fully saturated rings. The van der Waals surface area contributed by atoms with E-state index in [1.807, 2.05) is 20.8 Å². The first-order chi connectivity index (χ1) is 9.51. The molecule has 0 aliphatic carbocycles. The van der Waals surface area contributed by atoms with Gasteiger partial charge < -0.3 is 15.4 Å². The fraction of sp³-hybridized carbons (Fsp3) is 0.667. The van der Waals surface area contributed by atoms with Gasteiger partial charge in [0.25, 0.3) is 0 Å². The summed E-state index contributed by atoms with van der Waals surface area (Å²) in [5, 5.41) is 5.59. The fourth-order valence-electron chi connectivity index (χ4n) is 1.21. The van der Waals surface area contributed by atoms with E-state index in [4.69, 9.17) is 16.3 Å². The molecule has 0 unspecified atom stereocenters. The summed E-state index contributed by atoms with van der Waals surface area (Å²) < 4.78 is 5.28. The summed E-state index contributed by atoms with van der Waals surface area (Å²) in [6.45, 7) is 7.22. The summed E-state index contributed by atoms with van der Waals surface area (Å²) in [6.07, 6.45) is 0.837. The highest BCUT2D eigenvalue weighted by Gasteiger charge is 2.08. The van der Waals surface area contributed by atoms with Crippen molar-refractivity contribution in [3.05, 3.63) is 5.28 Å². The second kappa shape index (κ2) is 8.52. The number of amides is 1. The Kier molecular flexibility index (Phi) is 7.00. The Morgan fingerprint density at radius 2 is 2.10 bits per heavy atom. The first-order valence-corrected chi connectivity index (χ1v) is 6.94. The van der Waals surface area contributed by atoms with Gasteiger partial charge >= 0.3 is 6.01 Å². The highest BCUT2D eigenvalue weighted by molar-refractivity contribution is 6.28. The van der Waals surface area contributed by atoms with Crippen LogP contribution in [0.3, 0.4) is 0 Å². The van der Waals surface area contributed by atoms with Crippen LogP contribution in [0.4, 0.5) is 5.95 Å². The van der Waals surface area contributed by atoms with E-state index >= 15 is 0 Å². The van der Waals surface area contributed by atoms with E-state index in [2.05, 4.69) is 25.6 Å². The van der Waals surface area contributed by atoms with Gasteiger partial charge in [-0.15, -0.1) is 0 Å². The van der Waals surface area contributed by atoms with Gasteiger partial charge in [-0.2, -0.15) is 15.0 Å². The van der Waals surface area contributed by atoms with Crippen molar-refractivity contribution in [3.8, 4) is 6.01 Å². The van der Waals surface area contributed by atoms with Crippen LogP contribution in [0.5, 0.6) is 6.01 Å². The molecule has 112 valence electrons. The minimum Gasteiger partial charge on any atom is -0.463 e. The largest absolute Gasteiger partial charge is 0.463 e. The van der Waals surface area contributed by atoms with Crippen LogP contribution in [0.1, 0.15) is 27.2 Å². The Balaban J connectivity index is 2.50. The van der Waals surface area contributed by atoms with Crippen molar-refractivity contribution in [1.29, 1.82) is 0 Å². The van der Waals surface area contributed by atoms with Gasteiger partial charge in [0.05, 0.1) is 13.2 Å². The van der Waals surface area contributed by atoms with Gasteiger partial charge in [-0.3, -0.25) is 4.79 Å². The molecule has 0 spiro atoms. The maximum absolute atomic E-state index is 11.6. The molecular formula is C12H20ClN5O2. The van der Waals surface area contributed by atoms with Crippen LogP contribution in [0, 0.1) is 5.92 Å². The summed E-state index contributed by atoms with van der Waals surface area (Å²) in [5.41, 5.74) is 0. The quantitative estimate of drug-likeness (QED) is 0.756. The predicted octanol–water partition coefficient (Wildman–Crippen LogP) is 1.50. The van der Waals surface area contributed by atoms with Crippen molar-refractivity contribution >= 4 is 23.5 Å². The molecular weight excluding hydrogens is 282 g/mol. The van der Waals surface area contributed by atoms with Crippen LogP contribution < -0.4 is 15.4 Å². The van der Waals surface area contributed by atoms with Crippen LogP contribution in [0.25, 0.3) is 0 Å². The zero-order valence-corrected chi connectivity index (χ0v) is 12.7. The molecule has 0 atom stereocenters. The minimum absolute atomic E-state index is 0.0243. The molecule has 0 aliphatic rings. The summed E-state index contributed by atoms with van der Waals surface area (Å²) in [6, 6.07) is 0.150. The Morgan fingerprint density at radius 1 is 1.35 bits per heavy atom. The Hall–Kier alpha value is -1.63. The van der Waals surface area contributed by atoms with Crippen LogP contribution in [0.15, 0.2) is 0 Å². The van der Waals surface area contributed by atoms with Crippen molar-refractivity contribution in [1.82, 2.24) is 20.3 Å². The number of hydrogen-bond donors (Lipinski definition) is 2. The fourth-order valence-corrected chi connectivity index (χ4v) is 1.36. The zero-order chi connectivity index (χ0) is 15.0. The molecule has 1 aromatic heterocycles. The molecule has 0 aliphatic heterocycles. The number of nitrogens with zero attached hydrogens (tertiary/aromatic N) is 3. The van der Waals surface area contributed by atoms with Crippen LogP contribution >= 0.6 is 11.6 Å². The van der Waals surface area contributed by atoms with Gasteiger partial charge in [-0.1, -0.05) is 20.8 Å². The second-order valence-electron chi connectivity index (χ2n) is 4.61. The van der Waals surface area contributed by atoms with Crippen LogP contribution in [-0.4, -0.2) is 40.6 Å². The first kappa shape index (κ1) is 16.4. The van der Waals surface area contributed by atoms with E-state index in [0.717, 1.165) is 6.42 Å². The lowest BCUT2D eigenvalue weighted by atomic mass is 10.2. The molecule has 8 heteroatoms. The number of halogens is 1. The Labute approximate surface area is 123 Å². The maximum Gasteiger partial charge on any atom is 0.322 e. The Morgan fingerprint density at radius 3 is 2.75 bits per heavy atom. The zero-order valence-electron chi connectivity index (χ0n) is 11.9. The van der Waals surface area contributed by atoms with Crippen LogP contribution in [-0.2, 0) is 4.79 Å². The molecule has 0 saturated carbocycles. The van der Waals surface area contributed by atoms with Gasteiger partial charge in [0, 0.05) is 6.54 Å². The van der Waals surface area contributed by atoms with Crippen molar-refractivity contribution < 1.29 is 9.53 Å². The van der Waals surface area contributed by atoms with Gasteiger partial charge in [-0.25, -0.2) is 0 Å². The minimum atomic E-state index is -0.133. The number of rotatable bonds is 8. The Bertz CT molecular complexity index is 442. The monoisotopic (exact) mass is 301 g/mol. The molecule has 1 heterocycles. The van der Waals surface area contributed by atoms with E-state index in [-0.39, 0.29) is 29.7 Å². The summed E-state index contributed by atoms with van der Waals surface area (Å²) in [5.74, 6) is 0.488. The van der Waals surface area contributed by atoms with Crippen LogP contribution in [0.2, 0.25) is 5.28 Å². The van der Waals surface area contributed by atoms with Gasteiger partial charge in [-0.05, 0) is 23.9 Å². The highest BCUT2D eigenvalue weighted by atomic mass is 35.5. The predicted molar refractivity (Wildman–Crippen MR) is 77.0 cm³/mol. The number of hydrogen-bond acceptors (Lipinski definition) is 6. The molecule has 1 rings (SSSR count). The molecule has 2 N–H and O–H groups in total. The summed E-state index contributed by atoms with van der Waals surface area (Å²) in [4.78, 5) is 23.3. The standard InChI is InChI=1S/C12H20ClN5O2/c1-4-5-20-12-17-10(13)16-11(18-12)15-7-9(19)14-6-8(2)3/h8H,4-7H2,1-3H3,(H,14,19)(H,15,16,17,18). The molecule has 1 amide bonds. The lowest BCUT2D eigenvalue weighted by Crippen LogP contribution is -2.32. The lowest BCUT2D eigenvalue weighted by Gasteiger charge is -2.09. The number of anilines is 1. The molecule has 1 aromatic rings. The van der Waals surface area contributed by atoms with Crippen molar-refractivity contribution in [3.63, 3.8) is 0 Å². The van der Waals surface area contributed by atoms with E-state index in [9.17, 15) is 4.79 Å². The maximum atomic E-state index is 11.6. The van der Waals surface area contributed by atoms with Gasteiger partial charge in [0.2, 0.25) is 17.1 Å². The molecule has 0 saturated heterocycles. The number of carbonyl (C=O) groups is 1. The van der Waals surface area contributed by atoms with Gasteiger partial charge in [0.1, 0.15) is 0 Å². The number of carbonyl (C=O) groups excluding carboxylic acids is 1. The number of aromatic nitrogens is 3. The van der Waals surface area contributed by atoms with E-state index in [0.29, 0.717) is 19.1 Å². The lowest BCUT2D eigenvalue weighted by molar-refractivity contribution is -0.119. The molecule has 0 radical (unpaired) electrons. The smallest absolute Gasteiger partial charge is 0.322 e. The van der Waals surface area contributed by atoms with E-state index in [1.165, 1.54) is 0 Å². The van der Waals surface area contributed by atoms with Crippen molar-refractivity contribution in [2.45, 2.75) is 27.2 Å². The SMILES string of the molecule is CCCOc1nc(Cl)nc(NCC(=O)NCC(C)C)n1. The third-order valence-corrected chi connectivity index (χ3v) is 2.31. The molecule has 7 nitrogen and oxygen atoms in total. The second-order valence-corrected chi connectivity index (χ2v) is 4.95. The topological polar surface area (TPSA) is 89.0 Å². The first-order valence-electron chi connectivity index (χ1n) is 6.56. The number of nitrogens with one attached hydrogen (secondary N) is 2. The summed E-state index contributed by atoms with van der Waals surface area (Å²) >= 11 is 5.76. The third kappa shape index (κ3) is 6.51. The molecule has 20 heavy (non-hydrogen) atoms.